The number of nitrogens with zero attached hydrogens (tertiary/aromatic N) is 3. The number of hydrogen-bond donors (Lipinski definition) is 0. The zero-order chi connectivity index (χ0) is 21.0. The maximum Gasteiger partial charge on any atom is 0.260 e. The fourth-order valence-electron chi connectivity index (χ4n) is 2.74. The molecule has 3 rings (SSSR count). The summed E-state index contributed by atoms with van der Waals surface area (Å²) in [4.78, 5) is 12.5. The summed E-state index contributed by atoms with van der Waals surface area (Å²) in [5, 5.41) is 13.8. The second-order valence-electron chi connectivity index (χ2n) is 5.92. The molecule has 0 saturated heterocycles. The van der Waals surface area contributed by atoms with E-state index in [0.29, 0.717) is 38.3 Å². The van der Waals surface area contributed by atoms with Gasteiger partial charge in [0.2, 0.25) is 0 Å². The summed E-state index contributed by atoms with van der Waals surface area (Å²) in [6.45, 7) is 0.158. The molecule has 0 aliphatic rings. The van der Waals surface area contributed by atoms with Crippen LogP contribution in [0.5, 0.6) is 0 Å². The van der Waals surface area contributed by atoms with Crippen LogP contribution in [0.15, 0.2) is 53.1 Å². The Hall–Kier alpha value is -2.23. The van der Waals surface area contributed by atoms with Crippen LogP contribution in [-0.4, -0.2) is 22.4 Å². The summed E-state index contributed by atoms with van der Waals surface area (Å²) in [7, 11) is 0. The first kappa shape index (κ1) is 21.5. The van der Waals surface area contributed by atoms with E-state index in [4.69, 9.17) is 56.2 Å². The number of alkyl halides is 2. The van der Waals surface area contributed by atoms with Gasteiger partial charge in [-0.15, -0.1) is 0 Å². The first-order valence-electron chi connectivity index (χ1n) is 8.40. The normalized spacial score (nSPS) is 10.8. The molecule has 2 aromatic carbocycles. The van der Waals surface area contributed by atoms with Crippen LogP contribution in [0, 0.1) is 11.3 Å². The highest BCUT2D eigenvalue weighted by Crippen LogP contribution is 2.36. The van der Waals surface area contributed by atoms with Crippen molar-refractivity contribution in [2.24, 2.45) is 0 Å². The molecule has 9 heteroatoms. The number of aromatic nitrogens is 1. The Kier molecular flexibility index (Phi) is 7.05. The molecular formula is C20H13Cl4N3O2. The Balaban J connectivity index is 1.97. The second kappa shape index (κ2) is 9.51. The highest BCUT2D eigenvalue weighted by atomic mass is 35.5. The number of halogens is 4. The molecule has 0 aliphatic heterocycles. The third-order valence-electron chi connectivity index (χ3n) is 4.07. The topological polar surface area (TPSA) is 70.1 Å². The predicted molar refractivity (Wildman–Crippen MR) is 115 cm³/mol. The van der Waals surface area contributed by atoms with E-state index in [1.807, 2.05) is 6.07 Å². The molecule has 0 bridgehead atoms. The van der Waals surface area contributed by atoms with E-state index in [1.54, 1.807) is 48.5 Å². The predicted octanol–water partition coefficient (Wildman–Crippen LogP) is 6.37. The molecule has 148 valence electrons. The first-order chi connectivity index (χ1) is 13.9. The average molecular weight is 469 g/mol. The minimum Gasteiger partial charge on any atom is -0.356 e. The molecule has 0 fully saturated rings. The van der Waals surface area contributed by atoms with Crippen molar-refractivity contribution in [1.82, 2.24) is 5.16 Å². The van der Waals surface area contributed by atoms with Crippen LogP contribution in [0.4, 0.5) is 5.69 Å². The number of hydrogen-bond acceptors (Lipinski definition) is 4. The van der Waals surface area contributed by atoms with E-state index in [2.05, 4.69) is 5.16 Å². The Bertz CT molecular complexity index is 1060. The van der Waals surface area contributed by atoms with Crippen molar-refractivity contribution in [2.75, 3.05) is 11.4 Å². The lowest BCUT2D eigenvalue weighted by molar-refractivity contribution is -0.117. The number of carbonyl (C=O) groups excluding carboxylic acids is 1. The zero-order valence-electron chi connectivity index (χ0n) is 14.8. The molecule has 1 amide bonds. The van der Waals surface area contributed by atoms with Crippen LogP contribution in [0.1, 0.15) is 6.42 Å². The van der Waals surface area contributed by atoms with Crippen molar-refractivity contribution in [3.05, 3.63) is 58.6 Å². The lowest BCUT2D eigenvalue weighted by Crippen LogP contribution is -2.35. The van der Waals surface area contributed by atoms with Crippen LogP contribution >= 0.6 is 46.4 Å². The van der Waals surface area contributed by atoms with Crippen molar-refractivity contribution < 1.29 is 9.32 Å². The van der Waals surface area contributed by atoms with E-state index in [9.17, 15) is 4.79 Å². The van der Waals surface area contributed by atoms with E-state index in [0.717, 1.165) is 0 Å². The molecule has 0 spiro atoms. The number of benzene rings is 2. The van der Waals surface area contributed by atoms with Gasteiger partial charge in [0, 0.05) is 29.4 Å². The lowest BCUT2D eigenvalue weighted by atomic mass is 10.1. The van der Waals surface area contributed by atoms with Crippen LogP contribution in [0.3, 0.4) is 0 Å². The highest BCUT2D eigenvalue weighted by molar-refractivity contribution is 6.54. The van der Waals surface area contributed by atoms with Crippen LogP contribution in [0.2, 0.25) is 10.0 Å². The Morgan fingerprint density at radius 2 is 1.83 bits per heavy atom. The van der Waals surface area contributed by atoms with Gasteiger partial charge in [0.25, 0.3) is 5.91 Å². The summed E-state index contributed by atoms with van der Waals surface area (Å²) < 4.78 is 5.46. The maximum absolute atomic E-state index is 12.3. The van der Waals surface area contributed by atoms with Crippen LogP contribution in [0.25, 0.3) is 22.6 Å². The van der Waals surface area contributed by atoms with Crippen molar-refractivity contribution in [2.45, 2.75) is 11.3 Å². The van der Waals surface area contributed by atoms with Crippen molar-refractivity contribution in [3.63, 3.8) is 0 Å². The SMILES string of the molecule is N#CCCN(C(=O)C(Cl)Cl)c1cccc(-c2cc(-c3c(Cl)cccc3Cl)no2)c1. The molecule has 1 heterocycles. The quantitative estimate of drug-likeness (QED) is 0.394. The maximum atomic E-state index is 12.3. The van der Waals surface area contributed by atoms with Gasteiger partial charge >= 0.3 is 0 Å². The van der Waals surface area contributed by atoms with E-state index < -0.39 is 10.7 Å². The summed E-state index contributed by atoms with van der Waals surface area (Å²) in [6.07, 6.45) is 0.133. The monoisotopic (exact) mass is 467 g/mol. The van der Waals surface area contributed by atoms with Crippen LogP contribution in [-0.2, 0) is 4.79 Å². The number of rotatable bonds is 6. The molecule has 0 radical (unpaired) electrons. The smallest absolute Gasteiger partial charge is 0.260 e. The summed E-state index contributed by atoms with van der Waals surface area (Å²) in [6, 6.07) is 15.9. The molecule has 0 saturated carbocycles. The van der Waals surface area contributed by atoms with Crippen molar-refractivity contribution >= 4 is 58.0 Å². The van der Waals surface area contributed by atoms with Gasteiger partial charge in [0.15, 0.2) is 10.6 Å². The molecular weight excluding hydrogens is 456 g/mol. The molecule has 0 atom stereocenters. The third kappa shape index (κ3) is 4.85. The van der Waals surface area contributed by atoms with Gasteiger partial charge in [0.1, 0.15) is 5.69 Å². The Morgan fingerprint density at radius 1 is 1.14 bits per heavy atom. The fourth-order valence-corrected chi connectivity index (χ4v) is 3.57. The molecule has 1 aromatic heterocycles. The van der Waals surface area contributed by atoms with E-state index in [-0.39, 0.29) is 13.0 Å². The minimum absolute atomic E-state index is 0.133. The van der Waals surface area contributed by atoms with Gasteiger partial charge in [-0.2, -0.15) is 5.26 Å². The van der Waals surface area contributed by atoms with Gasteiger partial charge < -0.3 is 9.42 Å². The number of nitriles is 1. The molecule has 29 heavy (non-hydrogen) atoms. The first-order valence-corrected chi connectivity index (χ1v) is 10.0. The van der Waals surface area contributed by atoms with Gasteiger partial charge in [-0.1, -0.05) is 69.8 Å². The van der Waals surface area contributed by atoms with Gasteiger partial charge in [-0.3, -0.25) is 4.79 Å². The number of anilines is 1. The van der Waals surface area contributed by atoms with Crippen molar-refractivity contribution in [1.29, 1.82) is 5.26 Å². The van der Waals surface area contributed by atoms with Gasteiger partial charge in [-0.25, -0.2) is 0 Å². The number of carbonyl (C=O) groups is 1. The molecule has 0 aliphatic carbocycles. The van der Waals surface area contributed by atoms with Crippen molar-refractivity contribution in [3.8, 4) is 28.7 Å². The lowest BCUT2D eigenvalue weighted by Gasteiger charge is -2.22. The standard InChI is InChI=1S/C20H13Cl4N3O2/c21-14-6-2-7-15(22)18(14)16-11-17(29-26-16)12-4-1-5-13(10-12)27(9-3-8-25)20(28)19(23)24/h1-2,4-7,10-11,19H,3,9H2. The van der Waals surface area contributed by atoms with E-state index in [1.165, 1.54) is 4.90 Å². The summed E-state index contributed by atoms with van der Waals surface area (Å²) >= 11 is 24.0. The Morgan fingerprint density at radius 3 is 2.48 bits per heavy atom. The highest BCUT2D eigenvalue weighted by Gasteiger charge is 2.22. The molecule has 0 N–H and O–H groups in total. The molecule has 5 nitrogen and oxygen atoms in total. The largest absolute Gasteiger partial charge is 0.356 e. The minimum atomic E-state index is -1.24. The summed E-state index contributed by atoms with van der Waals surface area (Å²) in [5.41, 5.74) is 2.25. The van der Waals surface area contributed by atoms with Crippen LogP contribution < -0.4 is 4.90 Å². The third-order valence-corrected chi connectivity index (χ3v) is 5.07. The van der Waals surface area contributed by atoms with Gasteiger partial charge in [0.05, 0.1) is 22.5 Å². The zero-order valence-corrected chi connectivity index (χ0v) is 17.8. The fraction of sp³-hybridized carbons (Fsp3) is 0.150. The summed E-state index contributed by atoms with van der Waals surface area (Å²) in [5.74, 6) is -0.0549. The Labute approximate surface area is 187 Å². The molecule has 3 aromatic rings. The molecule has 0 unspecified atom stereocenters. The van der Waals surface area contributed by atoms with Gasteiger partial charge in [-0.05, 0) is 24.3 Å². The number of amides is 1. The average Bonchev–Trinajstić information content (AvgIpc) is 3.18. The second-order valence-corrected chi connectivity index (χ2v) is 7.83. The van der Waals surface area contributed by atoms with E-state index >= 15 is 0 Å².